The van der Waals surface area contributed by atoms with Crippen molar-refractivity contribution in [3.8, 4) is 28.3 Å². The number of thiazole rings is 2. The minimum atomic E-state index is -4.25. The lowest BCUT2D eigenvalue weighted by Gasteiger charge is -2.33. The van der Waals surface area contributed by atoms with E-state index in [2.05, 4.69) is 25.9 Å². The van der Waals surface area contributed by atoms with Crippen LogP contribution in [-0.2, 0) is 20.0 Å². The van der Waals surface area contributed by atoms with Crippen molar-refractivity contribution in [2.24, 2.45) is 0 Å². The number of halogens is 5. The van der Waals surface area contributed by atoms with E-state index in [1.54, 1.807) is 7.11 Å². The van der Waals surface area contributed by atoms with Crippen LogP contribution in [0.2, 0.25) is 0 Å². The van der Waals surface area contributed by atoms with Crippen LogP contribution in [0.3, 0.4) is 0 Å². The van der Waals surface area contributed by atoms with Gasteiger partial charge in [0.05, 0.1) is 18.5 Å². The predicted octanol–water partition coefficient (Wildman–Crippen LogP) is 7.97. The average molecular weight is 952 g/mol. The normalized spacial score (nSPS) is 15.5. The Labute approximate surface area is 355 Å². The van der Waals surface area contributed by atoms with Gasteiger partial charge in [0, 0.05) is 78.7 Å². The summed E-state index contributed by atoms with van der Waals surface area (Å²) in [7, 11) is -6.88. The maximum absolute atomic E-state index is 14.0. The van der Waals surface area contributed by atoms with Crippen molar-refractivity contribution in [2.45, 2.75) is 9.79 Å². The molecule has 2 aromatic heterocycles. The Morgan fingerprint density at radius 1 is 0.576 bits per heavy atom. The van der Waals surface area contributed by atoms with Crippen LogP contribution in [-0.4, -0.2) is 94.9 Å². The molecule has 0 saturated carbocycles. The summed E-state index contributed by atoms with van der Waals surface area (Å²) in [5, 5.41) is 5.44. The van der Waals surface area contributed by atoms with Crippen LogP contribution >= 0.6 is 38.6 Å². The van der Waals surface area contributed by atoms with Gasteiger partial charge in [-0.15, -0.1) is 22.7 Å². The van der Waals surface area contributed by atoms with Crippen molar-refractivity contribution in [3.63, 3.8) is 0 Å². The summed E-state index contributed by atoms with van der Waals surface area (Å²) in [6.45, 7) is 2.01. The third kappa shape index (κ3) is 9.33. The largest absolute Gasteiger partial charge is 0.497 e. The summed E-state index contributed by atoms with van der Waals surface area (Å²) in [4.78, 5) is 11.5. The van der Waals surface area contributed by atoms with Crippen LogP contribution in [0.1, 0.15) is 0 Å². The molecule has 0 bridgehead atoms. The lowest BCUT2D eigenvalue weighted by Crippen LogP contribution is -2.49. The number of anilines is 2. The Kier molecular flexibility index (Phi) is 13.0. The molecule has 4 aromatic carbocycles. The second-order valence-electron chi connectivity index (χ2n) is 13.2. The van der Waals surface area contributed by atoms with Crippen LogP contribution in [0, 0.1) is 23.3 Å². The lowest BCUT2D eigenvalue weighted by molar-refractivity contribution is 0.378. The summed E-state index contributed by atoms with van der Waals surface area (Å²) in [5.74, 6) is -3.58. The summed E-state index contributed by atoms with van der Waals surface area (Å²) in [6, 6.07) is 21.5. The maximum atomic E-state index is 14.0. The number of sulfonamides is 2. The van der Waals surface area contributed by atoms with E-state index >= 15 is 0 Å². The van der Waals surface area contributed by atoms with Gasteiger partial charge in [-0.3, -0.25) is 0 Å². The first-order chi connectivity index (χ1) is 28.3. The molecule has 8 rings (SSSR count). The molecular formula is C39H35BrF4N6O5S4. The average Bonchev–Trinajstić information content (AvgIpc) is 3.93. The second kappa shape index (κ2) is 18.0. The third-order valence-electron chi connectivity index (χ3n) is 9.52. The van der Waals surface area contributed by atoms with Gasteiger partial charge < -0.3 is 14.5 Å². The zero-order chi connectivity index (χ0) is 41.9. The van der Waals surface area contributed by atoms with Gasteiger partial charge in [-0.2, -0.15) is 8.61 Å². The highest BCUT2D eigenvalue weighted by molar-refractivity contribution is 9.10. The first-order valence-corrected chi connectivity index (χ1v) is 23.4. The molecule has 4 heterocycles. The van der Waals surface area contributed by atoms with Crippen LogP contribution in [0.25, 0.3) is 22.5 Å². The van der Waals surface area contributed by atoms with Gasteiger partial charge in [-0.1, -0.05) is 52.3 Å². The molecule has 0 spiro atoms. The third-order valence-corrected chi connectivity index (χ3v) is 15.7. The fraction of sp³-hybridized carbons (Fsp3) is 0.231. The molecule has 59 heavy (non-hydrogen) atoms. The van der Waals surface area contributed by atoms with Crippen molar-refractivity contribution in [3.05, 3.63) is 123 Å². The highest BCUT2D eigenvalue weighted by Gasteiger charge is 2.35. The van der Waals surface area contributed by atoms with Gasteiger partial charge in [0.1, 0.15) is 29.0 Å². The number of piperazine rings is 2. The Morgan fingerprint density at radius 2 is 0.966 bits per heavy atom. The molecule has 2 aliphatic rings. The fourth-order valence-corrected chi connectivity index (χ4v) is 11.7. The summed E-state index contributed by atoms with van der Waals surface area (Å²) >= 11 is 6.39. The number of nitrogens with zero attached hydrogens (tertiary/aromatic N) is 6. The topological polar surface area (TPSA) is 116 Å². The van der Waals surface area contributed by atoms with Crippen LogP contribution < -0.4 is 14.5 Å². The Balaban J connectivity index is 0.000000179. The quantitative estimate of drug-likeness (QED) is 0.133. The van der Waals surface area contributed by atoms with E-state index in [4.69, 9.17) is 4.74 Å². The Bertz CT molecular complexity index is 2630. The molecule has 20 heteroatoms. The SMILES string of the molecule is COc1cccc(-c2csc(N3CCN(S(=O)(=O)c4c(F)cccc4F)CC3)n2)c1.O=S(=O)(c1c(F)cccc1F)N1CCN(c2nc(-c3cccc(Br)c3)cs2)CC1. The van der Waals surface area contributed by atoms with Crippen LogP contribution in [0.15, 0.2) is 110 Å². The summed E-state index contributed by atoms with van der Waals surface area (Å²) in [5.41, 5.74) is 3.55. The van der Waals surface area contributed by atoms with Gasteiger partial charge in [-0.05, 0) is 48.5 Å². The van der Waals surface area contributed by atoms with Crippen LogP contribution in [0.4, 0.5) is 27.8 Å². The molecule has 0 radical (unpaired) electrons. The van der Waals surface area contributed by atoms with Crippen molar-refractivity contribution in [1.29, 1.82) is 0 Å². The predicted molar refractivity (Wildman–Crippen MR) is 224 cm³/mol. The van der Waals surface area contributed by atoms with E-state index in [1.165, 1.54) is 22.7 Å². The molecule has 2 saturated heterocycles. The highest BCUT2D eigenvalue weighted by atomic mass is 79.9. The molecular weight excluding hydrogens is 917 g/mol. The van der Waals surface area contributed by atoms with Crippen molar-refractivity contribution >= 4 is 68.9 Å². The minimum Gasteiger partial charge on any atom is -0.497 e. The molecule has 0 N–H and O–H groups in total. The molecule has 11 nitrogen and oxygen atoms in total. The molecule has 310 valence electrons. The standard InChI is InChI=1S/C20H19F2N3O3S2.C19H16BrF2N3O2S2/c1-28-15-5-2-4-14(12-15)18-13-29-20(23-18)24-8-10-25(11-9-24)30(26,27)19-16(21)6-3-7-17(19)22;20-14-4-1-3-13(11-14)17-12-28-19(23-17)24-7-9-25(10-8-24)29(26,27)18-15(21)5-2-6-16(18)22/h2-7,12-13H,8-11H2,1H3;1-6,11-12H,7-10H2. The van der Waals surface area contributed by atoms with E-state index in [0.29, 0.717) is 26.2 Å². The lowest BCUT2D eigenvalue weighted by atomic mass is 10.2. The second-order valence-corrected chi connectivity index (χ2v) is 19.5. The molecule has 2 fully saturated rings. The number of methoxy groups -OCH3 is 1. The number of hydrogen-bond donors (Lipinski definition) is 0. The zero-order valence-electron chi connectivity index (χ0n) is 31.1. The zero-order valence-corrected chi connectivity index (χ0v) is 36.0. The van der Waals surface area contributed by atoms with E-state index < -0.39 is 53.1 Å². The van der Waals surface area contributed by atoms with E-state index in [9.17, 15) is 34.4 Å². The van der Waals surface area contributed by atoms with E-state index in [0.717, 1.165) is 88.0 Å². The smallest absolute Gasteiger partial charge is 0.249 e. The molecule has 0 aliphatic carbocycles. The van der Waals surface area contributed by atoms with Crippen molar-refractivity contribution < 1.29 is 39.1 Å². The van der Waals surface area contributed by atoms with Crippen molar-refractivity contribution in [1.82, 2.24) is 18.6 Å². The van der Waals surface area contributed by atoms with E-state index in [-0.39, 0.29) is 26.2 Å². The van der Waals surface area contributed by atoms with Gasteiger partial charge in [0.25, 0.3) is 0 Å². The molecule has 6 aromatic rings. The Hall–Kier alpha value is -4.44. The maximum Gasteiger partial charge on any atom is 0.249 e. The minimum absolute atomic E-state index is 0.115. The van der Waals surface area contributed by atoms with Gasteiger partial charge in [0.15, 0.2) is 20.1 Å². The van der Waals surface area contributed by atoms with Gasteiger partial charge in [0.2, 0.25) is 20.0 Å². The van der Waals surface area contributed by atoms with Crippen molar-refractivity contribution in [2.75, 3.05) is 69.3 Å². The Morgan fingerprint density at radius 3 is 1.37 bits per heavy atom. The van der Waals surface area contributed by atoms with Gasteiger partial charge in [-0.25, -0.2) is 44.4 Å². The van der Waals surface area contributed by atoms with E-state index in [1.807, 2.05) is 69.1 Å². The summed E-state index contributed by atoms with van der Waals surface area (Å²) < 4.78 is 115. The summed E-state index contributed by atoms with van der Waals surface area (Å²) in [6.07, 6.45) is 0. The highest BCUT2D eigenvalue weighted by Crippen LogP contribution is 2.33. The number of ether oxygens (including phenoxy) is 1. The first-order valence-electron chi connectivity index (χ1n) is 18.0. The van der Waals surface area contributed by atoms with Gasteiger partial charge >= 0.3 is 0 Å². The number of benzene rings is 4. The monoisotopic (exact) mass is 950 g/mol. The number of hydrogen-bond acceptors (Lipinski definition) is 11. The number of aromatic nitrogens is 2. The molecule has 2 aliphatic heterocycles. The first kappa shape index (κ1) is 42.7. The number of rotatable bonds is 9. The fourth-order valence-electron chi connectivity index (χ4n) is 6.47. The molecule has 0 atom stereocenters. The molecule has 0 amide bonds. The molecule has 0 unspecified atom stereocenters. The van der Waals surface area contributed by atoms with Crippen LogP contribution in [0.5, 0.6) is 5.75 Å².